The van der Waals surface area contributed by atoms with E-state index in [9.17, 15) is 4.79 Å². The third-order valence-corrected chi connectivity index (χ3v) is 4.76. The lowest BCUT2D eigenvalue weighted by molar-refractivity contribution is 0.102. The van der Waals surface area contributed by atoms with Gasteiger partial charge in [-0.1, -0.05) is 24.3 Å². The van der Waals surface area contributed by atoms with Crippen LogP contribution in [0.5, 0.6) is 0 Å². The number of anilines is 1. The lowest BCUT2D eigenvalue weighted by Gasteiger charge is -2.27. The summed E-state index contributed by atoms with van der Waals surface area (Å²) in [5, 5.41) is 11.6. The molecule has 2 heterocycles. The summed E-state index contributed by atoms with van der Waals surface area (Å²) in [6, 6.07) is 10.5. The Morgan fingerprint density at radius 3 is 3.00 bits per heavy atom. The third-order valence-electron chi connectivity index (χ3n) is 4.76. The monoisotopic (exact) mass is 335 g/mol. The zero-order valence-corrected chi connectivity index (χ0v) is 14.2. The zero-order chi connectivity index (χ0) is 17.2. The topological polar surface area (TPSA) is 64.7 Å². The van der Waals surface area contributed by atoms with Gasteiger partial charge in [-0.3, -0.25) is 9.48 Å². The molecule has 0 aliphatic heterocycles. The highest BCUT2D eigenvalue weighted by atomic mass is 16.1. The standard InChI is InChI=1S/C19H21N5O/c1-2-23-13-15(12-21-23)19(25)22-18-10-11-20-24(18)17-9-5-7-14-6-3-4-8-16(14)17/h3-4,6,8,10-13,17H,2,5,7,9H2,1H3,(H,22,25). The molecule has 4 rings (SSSR count). The van der Waals surface area contributed by atoms with Crippen molar-refractivity contribution in [3.8, 4) is 0 Å². The highest BCUT2D eigenvalue weighted by molar-refractivity contribution is 6.03. The van der Waals surface area contributed by atoms with Crippen LogP contribution in [0.25, 0.3) is 0 Å². The van der Waals surface area contributed by atoms with E-state index in [-0.39, 0.29) is 11.9 Å². The van der Waals surface area contributed by atoms with E-state index in [1.165, 1.54) is 11.1 Å². The number of nitrogens with zero attached hydrogens (tertiary/aromatic N) is 4. The largest absolute Gasteiger partial charge is 0.307 e. The van der Waals surface area contributed by atoms with Gasteiger partial charge in [0, 0.05) is 18.8 Å². The van der Waals surface area contributed by atoms with Crippen LogP contribution in [0.3, 0.4) is 0 Å². The number of fused-ring (bicyclic) bond motifs is 1. The first-order valence-corrected chi connectivity index (χ1v) is 8.71. The van der Waals surface area contributed by atoms with Crippen LogP contribution >= 0.6 is 0 Å². The molecule has 1 aliphatic rings. The number of aryl methyl sites for hydroxylation is 2. The van der Waals surface area contributed by atoms with E-state index in [0.717, 1.165) is 31.6 Å². The molecule has 6 heteroatoms. The highest BCUT2D eigenvalue weighted by Gasteiger charge is 2.24. The van der Waals surface area contributed by atoms with Crippen LogP contribution in [-0.4, -0.2) is 25.5 Å². The van der Waals surface area contributed by atoms with Gasteiger partial charge >= 0.3 is 0 Å². The normalized spacial score (nSPS) is 16.4. The summed E-state index contributed by atoms with van der Waals surface area (Å²) in [6.45, 7) is 2.73. The summed E-state index contributed by atoms with van der Waals surface area (Å²) in [7, 11) is 0. The number of amides is 1. The van der Waals surface area contributed by atoms with Crippen molar-refractivity contribution in [1.82, 2.24) is 19.6 Å². The minimum absolute atomic E-state index is 0.161. The van der Waals surface area contributed by atoms with E-state index in [1.807, 2.05) is 17.7 Å². The lowest BCUT2D eigenvalue weighted by atomic mass is 9.88. The molecule has 0 fully saturated rings. The number of aromatic nitrogens is 4. The molecule has 25 heavy (non-hydrogen) atoms. The van der Waals surface area contributed by atoms with Gasteiger partial charge in [-0.2, -0.15) is 10.2 Å². The molecule has 1 unspecified atom stereocenters. The van der Waals surface area contributed by atoms with Crippen LogP contribution < -0.4 is 5.32 Å². The highest BCUT2D eigenvalue weighted by Crippen LogP contribution is 2.34. The lowest BCUT2D eigenvalue weighted by Crippen LogP contribution is -2.22. The smallest absolute Gasteiger partial charge is 0.259 e. The molecule has 1 N–H and O–H groups in total. The fourth-order valence-electron chi connectivity index (χ4n) is 3.49. The predicted molar refractivity (Wildman–Crippen MR) is 95.6 cm³/mol. The van der Waals surface area contributed by atoms with E-state index in [1.54, 1.807) is 23.3 Å². The van der Waals surface area contributed by atoms with Gasteiger partial charge in [-0.15, -0.1) is 0 Å². The molecule has 0 saturated heterocycles. The molecule has 6 nitrogen and oxygen atoms in total. The van der Waals surface area contributed by atoms with Crippen molar-refractivity contribution in [2.24, 2.45) is 0 Å². The summed E-state index contributed by atoms with van der Waals surface area (Å²) < 4.78 is 3.67. The molecule has 1 aliphatic carbocycles. The number of carbonyl (C=O) groups excluding carboxylic acids is 1. The van der Waals surface area contributed by atoms with E-state index < -0.39 is 0 Å². The van der Waals surface area contributed by atoms with Crippen molar-refractivity contribution in [1.29, 1.82) is 0 Å². The van der Waals surface area contributed by atoms with Crippen molar-refractivity contribution >= 4 is 11.7 Å². The van der Waals surface area contributed by atoms with E-state index in [2.05, 4.69) is 39.8 Å². The Morgan fingerprint density at radius 1 is 1.28 bits per heavy atom. The molecule has 3 aromatic rings. The van der Waals surface area contributed by atoms with Gasteiger partial charge in [0.15, 0.2) is 0 Å². The first kappa shape index (κ1) is 15.6. The Labute approximate surface area is 146 Å². The van der Waals surface area contributed by atoms with Crippen LogP contribution in [0.1, 0.15) is 47.3 Å². The van der Waals surface area contributed by atoms with E-state index in [0.29, 0.717) is 5.56 Å². The first-order valence-electron chi connectivity index (χ1n) is 8.71. The zero-order valence-electron chi connectivity index (χ0n) is 14.2. The number of hydrogen-bond donors (Lipinski definition) is 1. The van der Waals surface area contributed by atoms with Gasteiger partial charge in [-0.25, -0.2) is 4.68 Å². The Bertz CT molecular complexity index is 895. The molecule has 0 spiro atoms. The molecule has 0 radical (unpaired) electrons. The second-order valence-corrected chi connectivity index (χ2v) is 6.31. The quantitative estimate of drug-likeness (QED) is 0.796. The van der Waals surface area contributed by atoms with E-state index in [4.69, 9.17) is 0 Å². The summed E-state index contributed by atoms with van der Waals surface area (Å²) in [4.78, 5) is 12.5. The molecule has 1 amide bonds. The summed E-state index contributed by atoms with van der Waals surface area (Å²) in [6.07, 6.45) is 8.34. The summed E-state index contributed by atoms with van der Waals surface area (Å²) in [5.41, 5.74) is 3.22. The van der Waals surface area contributed by atoms with Crippen LogP contribution in [0.15, 0.2) is 48.9 Å². The van der Waals surface area contributed by atoms with Crippen LogP contribution in [0.2, 0.25) is 0 Å². The van der Waals surface area contributed by atoms with Gasteiger partial charge in [-0.05, 0) is 37.3 Å². The Balaban J connectivity index is 1.60. The molecular formula is C19H21N5O. The third kappa shape index (κ3) is 2.95. The minimum atomic E-state index is -0.162. The second-order valence-electron chi connectivity index (χ2n) is 6.31. The fourth-order valence-corrected chi connectivity index (χ4v) is 3.49. The number of hydrogen-bond acceptors (Lipinski definition) is 3. The Kier molecular flexibility index (Phi) is 4.09. The van der Waals surface area contributed by atoms with E-state index >= 15 is 0 Å². The van der Waals surface area contributed by atoms with Crippen LogP contribution in [-0.2, 0) is 13.0 Å². The van der Waals surface area contributed by atoms with Gasteiger partial charge in [0.2, 0.25) is 0 Å². The number of rotatable bonds is 4. The average Bonchev–Trinajstić information content (AvgIpc) is 3.30. The van der Waals surface area contributed by atoms with Gasteiger partial charge in [0.05, 0.1) is 24.0 Å². The SMILES string of the molecule is CCn1cc(C(=O)Nc2ccnn2C2CCCc3ccccc32)cn1. The Morgan fingerprint density at radius 2 is 2.16 bits per heavy atom. The molecule has 0 saturated carbocycles. The predicted octanol–water partition coefficient (Wildman–Crippen LogP) is 3.28. The molecule has 128 valence electrons. The van der Waals surface area contributed by atoms with Gasteiger partial charge < -0.3 is 5.32 Å². The molecule has 2 aromatic heterocycles. The summed E-state index contributed by atoms with van der Waals surface area (Å²) in [5.74, 6) is 0.557. The fraction of sp³-hybridized carbons (Fsp3) is 0.316. The average molecular weight is 335 g/mol. The molecule has 1 atom stereocenters. The van der Waals surface area contributed by atoms with Crippen molar-refractivity contribution in [3.05, 3.63) is 65.6 Å². The van der Waals surface area contributed by atoms with Crippen molar-refractivity contribution in [3.63, 3.8) is 0 Å². The number of carbonyl (C=O) groups is 1. The minimum Gasteiger partial charge on any atom is -0.307 e. The van der Waals surface area contributed by atoms with Gasteiger partial charge in [0.25, 0.3) is 5.91 Å². The first-order chi connectivity index (χ1) is 12.3. The maximum Gasteiger partial charge on any atom is 0.259 e. The van der Waals surface area contributed by atoms with Crippen molar-refractivity contribution in [2.45, 2.75) is 38.8 Å². The second kappa shape index (κ2) is 6.55. The maximum absolute atomic E-state index is 12.5. The molecule has 0 bridgehead atoms. The van der Waals surface area contributed by atoms with Gasteiger partial charge in [0.1, 0.15) is 5.82 Å². The Hall–Kier alpha value is -2.89. The molecular weight excluding hydrogens is 314 g/mol. The van der Waals surface area contributed by atoms with Crippen molar-refractivity contribution in [2.75, 3.05) is 5.32 Å². The maximum atomic E-state index is 12.5. The van der Waals surface area contributed by atoms with Crippen LogP contribution in [0.4, 0.5) is 5.82 Å². The van der Waals surface area contributed by atoms with Crippen LogP contribution in [0, 0.1) is 0 Å². The number of nitrogens with one attached hydrogen (secondary N) is 1. The number of benzene rings is 1. The summed E-state index contributed by atoms with van der Waals surface area (Å²) >= 11 is 0. The van der Waals surface area contributed by atoms with Crippen molar-refractivity contribution < 1.29 is 4.79 Å². The molecule has 1 aromatic carbocycles.